The number of benzene rings is 1. The van der Waals surface area contributed by atoms with E-state index in [9.17, 15) is 14.4 Å². The number of esters is 1. The topological polar surface area (TPSA) is 85.4 Å². The third-order valence-corrected chi connectivity index (χ3v) is 7.52. The van der Waals surface area contributed by atoms with Crippen LogP contribution in [0.3, 0.4) is 0 Å². The largest absolute Gasteiger partial charge is 0.497 e. The molecule has 0 bridgehead atoms. The molecule has 0 aromatic heterocycles. The molecule has 1 aromatic carbocycles. The van der Waals surface area contributed by atoms with Gasteiger partial charge in [-0.2, -0.15) is 0 Å². The Kier molecular flexibility index (Phi) is 5.18. The molecule has 8 nitrogen and oxygen atoms in total. The Balaban J connectivity index is 1.97. The number of carbonyl (C=O) groups is 3. The van der Waals surface area contributed by atoms with E-state index < -0.39 is 40.6 Å². The van der Waals surface area contributed by atoms with Gasteiger partial charge in [0.25, 0.3) is 0 Å². The highest BCUT2D eigenvalue weighted by atomic mass is 16.6. The third kappa shape index (κ3) is 2.77. The number of nitrogens with zero attached hydrogens (tertiary/aromatic N) is 2. The summed E-state index contributed by atoms with van der Waals surface area (Å²) in [5.74, 6) is -0.988. The number of likely N-dealkylation sites (N-methyl/N-ethyl adjacent to an activating group) is 1. The summed E-state index contributed by atoms with van der Waals surface area (Å²) >= 11 is 0. The van der Waals surface area contributed by atoms with Gasteiger partial charge in [-0.3, -0.25) is 9.69 Å². The molecule has 1 saturated carbocycles. The minimum Gasteiger partial charge on any atom is -0.497 e. The molecule has 32 heavy (non-hydrogen) atoms. The van der Waals surface area contributed by atoms with Crippen LogP contribution in [0.5, 0.6) is 5.75 Å². The SMILES string of the molecule is COC(=O)[C@@H]1C(C=O)CCC23N(C(=O)OC(C)(C)C)CC[C@]12c1cc(OC)ccc1N3C. The third-order valence-electron chi connectivity index (χ3n) is 7.52. The Morgan fingerprint density at radius 2 is 1.91 bits per heavy atom. The molecule has 4 rings (SSSR count). The number of anilines is 1. The van der Waals surface area contributed by atoms with Gasteiger partial charge >= 0.3 is 12.1 Å². The maximum Gasteiger partial charge on any atom is 0.412 e. The summed E-state index contributed by atoms with van der Waals surface area (Å²) in [4.78, 5) is 42.6. The van der Waals surface area contributed by atoms with Crippen molar-refractivity contribution in [3.05, 3.63) is 23.8 Å². The predicted molar refractivity (Wildman–Crippen MR) is 118 cm³/mol. The maximum atomic E-state index is 13.4. The summed E-state index contributed by atoms with van der Waals surface area (Å²) in [7, 11) is 4.90. The second-order valence-electron chi connectivity index (χ2n) is 9.95. The van der Waals surface area contributed by atoms with E-state index in [4.69, 9.17) is 14.2 Å². The van der Waals surface area contributed by atoms with Gasteiger partial charge in [-0.1, -0.05) is 0 Å². The van der Waals surface area contributed by atoms with E-state index in [0.717, 1.165) is 17.5 Å². The standard InChI is InChI=1S/C24H32N2O6/c1-22(2,3)32-21(29)26-12-11-23-17-13-16(30-5)7-8-18(17)25(4)24(23,26)10-9-15(14-27)19(23)20(28)31-6/h7-8,13-15,19H,9-12H2,1-6H3/t15?,19-,23-,24?/m0/s1. The number of methoxy groups -OCH3 is 2. The Labute approximate surface area is 188 Å². The average Bonchev–Trinajstić information content (AvgIpc) is 3.21. The summed E-state index contributed by atoms with van der Waals surface area (Å²) in [5, 5.41) is 0. The Bertz CT molecular complexity index is 956. The minimum absolute atomic E-state index is 0.412. The van der Waals surface area contributed by atoms with E-state index in [-0.39, 0.29) is 0 Å². The number of aldehydes is 1. The molecule has 2 aliphatic heterocycles. The first-order chi connectivity index (χ1) is 15.1. The van der Waals surface area contributed by atoms with E-state index in [1.165, 1.54) is 7.11 Å². The monoisotopic (exact) mass is 444 g/mol. The lowest BCUT2D eigenvalue weighted by Crippen LogP contribution is -2.69. The van der Waals surface area contributed by atoms with Gasteiger partial charge in [0, 0.05) is 25.2 Å². The fourth-order valence-electron chi connectivity index (χ4n) is 6.44. The highest BCUT2D eigenvalue weighted by Crippen LogP contribution is 2.67. The lowest BCUT2D eigenvalue weighted by atomic mass is 9.54. The van der Waals surface area contributed by atoms with Crippen molar-refractivity contribution < 1.29 is 28.6 Å². The molecule has 174 valence electrons. The molecule has 1 aromatic rings. The van der Waals surface area contributed by atoms with Crippen LogP contribution in [0.15, 0.2) is 18.2 Å². The number of rotatable bonds is 3. The number of hydrogen-bond donors (Lipinski definition) is 0. The lowest BCUT2D eigenvalue weighted by molar-refractivity contribution is -0.157. The lowest BCUT2D eigenvalue weighted by Gasteiger charge is -2.55. The van der Waals surface area contributed by atoms with Crippen LogP contribution in [0, 0.1) is 11.8 Å². The van der Waals surface area contributed by atoms with Gasteiger partial charge in [0.2, 0.25) is 0 Å². The van der Waals surface area contributed by atoms with Crippen LogP contribution in [0.25, 0.3) is 0 Å². The van der Waals surface area contributed by atoms with Crippen molar-refractivity contribution >= 4 is 24.0 Å². The van der Waals surface area contributed by atoms with Crippen LogP contribution in [0.1, 0.15) is 45.6 Å². The number of likely N-dealkylation sites (tertiary alicyclic amines) is 1. The zero-order valence-electron chi connectivity index (χ0n) is 19.6. The fourth-order valence-corrected chi connectivity index (χ4v) is 6.44. The van der Waals surface area contributed by atoms with E-state index in [1.807, 2.05) is 46.0 Å². The van der Waals surface area contributed by atoms with Gasteiger partial charge in [0.05, 0.1) is 25.6 Å². The van der Waals surface area contributed by atoms with Crippen molar-refractivity contribution in [1.82, 2.24) is 4.90 Å². The number of amides is 1. The van der Waals surface area contributed by atoms with E-state index >= 15 is 0 Å². The zero-order valence-corrected chi connectivity index (χ0v) is 19.6. The first kappa shape index (κ1) is 22.4. The zero-order chi connectivity index (χ0) is 23.5. The first-order valence-electron chi connectivity index (χ1n) is 11.0. The summed E-state index contributed by atoms with van der Waals surface area (Å²) in [6.07, 6.45) is 1.98. The Morgan fingerprint density at radius 3 is 2.50 bits per heavy atom. The number of ether oxygens (including phenoxy) is 3. The van der Waals surface area contributed by atoms with Crippen LogP contribution in [0.4, 0.5) is 10.5 Å². The van der Waals surface area contributed by atoms with Crippen LogP contribution in [-0.4, -0.2) is 62.3 Å². The van der Waals surface area contributed by atoms with Gasteiger partial charge in [-0.15, -0.1) is 0 Å². The second kappa shape index (κ2) is 7.39. The molecule has 2 heterocycles. The number of fused-ring (bicyclic) bond motifs is 1. The summed E-state index contributed by atoms with van der Waals surface area (Å²) < 4.78 is 16.5. The molecule has 0 spiro atoms. The summed E-state index contributed by atoms with van der Waals surface area (Å²) in [6, 6.07) is 5.77. The van der Waals surface area contributed by atoms with E-state index in [2.05, 4.69) is 4.90 Å². The molecule has 2 fully saturated rings. The van der Waals surface area contributed by atoms with Gasteiger partial charge in [0.15, 0.2) is 0 Å². The van der Waals surface area contributed by atoms with Crippen molar-refractivity contribution in [1.29, 1.82) is 0 Å². The van der Waals surface area contributed by atoms with Gasteiger partial charge < -0.3 is 23.9 Å². The molecule has 1 aliphatic carbocycles. The van der Waals surface area contributed by atoms with Gasteiger partial charge in [-0.25, -0.2) is 4.79 Å². The van der Waals surface area contributed by atoms with Crippen molar-refractivity contribution in [2.45, 2.75) is 56.7 Å². The first-order valence-corrected chi connectivity index (χ1v) is 11.0. The molecule has 4 atom stereocenters. The van der Waals surface area contributed by atoms with Crippen molar-refractivity contribution in [2.75, 3.05) is 32.7 Å². The summed E-state index contributed by atoms with van der Waals surface area (Å²) in [5.41, 5.74) is -0.498. The van der Waals surface area contributed by atoms with E-state index in [0.29, 0.717) is 31.6 Å². The van der Waals surface area contributed by atoms with E-state index in [1.54, 1.807) is 12.0 Å². The highest BCUT2D eigenvalue weighted by Gasteiger charge is 2.75. The Hall–Kier alpha value is -2.77. The molecule has 8 heteroatoms. The smallest absolute Gasteiger partial charge is 0.412 e. The minimum atomic E-state index is -0.845. The number of carbonyl (C=O) groups excluding carboxylic acids is 3. The quantitative estimate of drug-likeness (QED) is 0.523. The molecule has 3 aliphatic rings. The second-order valence-corrected chi connectivity index (χ2v) is 9.95. The molecule has 1 saturated heterocycles. The average molecular weight is 445 g/mol. The molecule has 2 unspecified atom stereocenters. The van der Waals surface area contributed by atoms with Crippen LogP contribution < -0.4 is 9.64 Å². The normalized spacial score (nSPS) is 30.8. The molecular formula is C24H32N2O6. The van der Waals surface area contributed by atoms with Gasteiger partial charge in [0.1, 0.15) is 23.3 Å². The maximum absolute atomic E-state index is 13.4. The van der Waals surface area contributed by atoms with Crippen LogP contribution >= 0.6 is 0 Å². The summed E-state index contributed by atoms with van der Waals surface area (Å²) in [6.45, 7) is 5.92. The van der Waals surface area contributed by atoms with Crippen molar-refractivity contribution in [3.63, 3.8) is 0 Å². The molecule has 1 amide bonds. The molecule has 0 radical (unpaired) electrons. The molecular weight excluding hydrogens is 412 g/mol. The van der Waals surface area contributed by atoms with Crippen LogP contribution in [0.2, 0.25) is 0 Å². The Morgan fingerprint density at radius 1 is 1.19 bits per heavy atom. The highest BCUT2D eigenvalue weighted by molar-refractivity contribution is 5.85. The molecule has 0 N–H and O–H groups in total. The van der Waals surface area contributed by atoms with Gasteiger partial charge in [-0.05, 0) is 63.8 Å². The fraction of sp³-hybridized carbons (Fsp3) is 0.625. The van der Waals surface area contributed by atoms with Crippen LogP contribution in [-0.2, 0) is 24.5 Å². The predicted octanol–water partition coefficient (Wildman–Crippen LogP) is 3.12. The number of hydrogen-bond acceptors (Lipinski definition) is 7. The van der Waals surface area contributed by atoms with Crippen molar-refractivity contribution in [2.24, 2.45) is 11.8 Å². The van der Waals surface area contributed by atoms with Crippen molar-refractivity contribution in [3.8, 4) is 5.75 Å².